The van der Waals surface area contributed by atoms with Crippen LogP contribution in [0.1, 0.15) is 21.6 Å². The third-order valence-electron chi connectivity index (χ3n) is 2.23. The number of rotatable bonds is 2. The van der Waals surface area contributed by atoms with E-state index in [9.17, 15) is 4.79 Å². The van der Waals surface area contributed by atoms with Crippen molar-refractivity contribution in [2.75, 3.05) is 0 Å². The Bertz CT molecular complexity index is 502. The number of aryl methyl sites for hydroxylation is 2. The van der Waals surface area contributed by atoms with E-state index in [0.717, 1.165) is 5.56 Å². The maximum absolute atomic E-state index is 12.0. The van der Waals surface area contributed by atoms with Crippen LogP contribution in [-0.4, -0.2) is 20.8 Å². The largest absolute Gasteiger partial charge is 0.287 e. The molecule has 1 aromatic carbocycles. The number of aromatic nitrogens is 3. The Hall–Kier alpha value is -1.97. The van der Waals surface area contributed by atoms with Gasteiger partial charge in [-0.15, -0.1) is 5.10 Å². The predicted molar refractivity (Wildman–Crippen MR) is 55.6 cm³/mol. The van der Waals surface area contributed by atoms with E-state index in [1.54, 1.807) is 13.1 Å². The molecule has 0 aliphatic heterocycles. The molecule has 76 valence electrons. The number of hydrogen-bond donors (Lipinski definition) is 0. The summed E-state index contributed by atoms with van der Waals surface area (Å²) in [7, 11) is 1.70. The van der Waals surface area contributed by atoms with E-state index >= 15 is 0 Å². The minimum absolute atomic E-state index is 0.0498. The highest BCUT2D eigenvalue weighted by Gasteiger charge is 2.13. The lowest BCUT2D eigenvalue weighted by Crippen LogP contribution is -2.08. The number of carbonyl (C=O) groups excluding carboxylic acids is 1. The molecule has 1 heterocycles. The van der Waals surface area contributed by atoms with Crippen LogP contribution in [0, 0.1) is 6.92 Å². The minimum Gasteiger partial charge on any atom is -0.287 e. The SMILES string of the molecule is Cc1cccc(C(=O)c2cnnn2C)c1. The van der Waals surface area contributed by atoms with Gasteiger partial charge in [-0.2, -0.15) is 0 Å². The molecular formula is C11H11N3O. The fourth-order valence-electron chi connectivity index (χ4n) is 1.43. The first-order valence-corrected chi connectivity index (χ1v) is 4.64. The zero-order chi connectivity index (χ0) is 10.8. The third kappa shape index (κ3) is 1.79. The second-order valence-corrected chi connectivity index (χ2v) is 3.44. The van der Waals surface area contributed by atoms with Gasteiger partial charge in [-0.3, -0.25) is 4.79 Å². The zero-order valence-electron chi connectivity index (χ0n) is 8.64. The van der Waals surface area contributed by atoms with Crippen LogP contribution in [-0.2, 0) is 7.05 Å². The average molecular weight is 201 g/mol. The number of ketones is 1. The van der Waals surface area contributed by atoms with Gasteiger partial charge in [-0.05, 0) is 13.0 Å². The highest BCUT2D eigenvalue weighted by Crippen LogP contribution is 2.09. The fraction of sp³-hybridized carbons (Fsp3) is 0.182. The molecule has 0 aliphatic rings. The van der Waals surface area contributed by atoms with E-state index in [4.69, 9.17) is 0 Å². The van der Waals surface area contributed by atoms with Gasteiger partial charge in [0.2, 0.25) is 5.78 Å². The first-order chi connectivity index (χ1) is 7.18. The van der Waals surface area contributed by atoms with Crippen molar-refractivity contribution in [3.8, 4) is 0 Å². The molecule has 1 aromatic heterocycles. The van der Waals surface area contributed by atoms with Crippen LogP contribution in [0.2, 0.25) is 0 Å². The molecule has 0 amide bonds. The molecule has 0 aliphatic carbocycles. The van der Waals surface area contributed by atoms with Gasteiger partial charge in [0, 0.05) is 12.6 Å². The van der Waals surface area contributed by atoms with Crippen molar-refractivity contribution in [3.63, 3.8) is 0 Å². The first-order valence-electron chi connectivity index (χ1n) is 4.64. The van der Waals surface area contributed by atoms with Gasteiger partial charge in [-0.25, -0.2) is 4.68 Å². The summed E-state index contributed by atoms with van der Waals surface area (Å²) < 4.78 is 1.48. The van der Waals surface area contributed by atoms with Crippen LogP contribution in [0.25, 0.3) is 0 Å². The van der Waals surface area contributed by atoms with E-state index in [1.807, 2.05) is 25.1 Å². The number of nitrogens with zero attached hydrogens (tertiary/aromatic N) is 3. The van der Waals surface area contributed by atoms with Gasteiger partial charge in [0.1, 0.15) is 5.69 Å². The second-order valence-electron chi connectivity index (χ2n) is 3.44. The topological polar surface area (TPSA) is 47.8 Å². The van der Waals surface area contributed by atoms with Crippen molar-refractivity contribution in [1.82, 2.24) is 15.0 Å². The smallest absolute Gasteiger partial charge is 0.212 e. The van der Waals surface area contributed by atoms with Crippen molar-refractivity contribution in [1.29, 1.82) is 0 Å². The zero-order valence-corrected chi connectivity index (χ0v) is 8.64. The summed E-state index contributed by atoms with van der Waals surface area (Å²) in [5.41, 5.74) is 2.23. The Morgan fingerprint density at radius 1 is 1.40 bits per heavy atom. The molecule has 4 nitrogen and oxygen atoms in total. The monoisotopic (exact) mass is 201 g/mol. The Kier molecular flexibility index (Phi) is 2.33. The molecule has 2 rings (SSSR count). The van der Waals surface area contributed by atoms with Crippen LogP contribution < -0.4 is 0 Å². The molecule has 4 heteroatoms. The highest BCUT2D eigenvalue weighted by atomic mass is 16.1. The van der Waals surface area contributed by atoms with E-state index in [-0.39, 0.29) is 5.78 Å². The van der Waals surface area contributed by atoms with E-state index in [1.165, 1.54) is 10.9 Å². The van der Waals surface area contributed by atoms with Gasteiger partial charge in [-0.1, -0.05) is 29.0 Å². The summed E-state index contributed by atoms with van der Waals surface area (Å²) in [4.78, 5) is 12.0. The third-order valence-corrected chi connectivity index (χ3v) is 2.23. The number of hydrogen-bond acceptors (Lipinski definition) is 3. The average Bonchev–Trinajstić information content (AvgIpc) is 2.63. The lowest BCUT2D eigenvalue weighted by Gasteiger charge is -2.01. The van der Waals surface area contributed by atoms with Crippen LogP contribution >= 0.6 is 0 Å². The van der Waals surface area contributed by atoms with Gasteiger partial charge >= 0.3 is 0 Å². The van der Waals surface area contributed by atoms with Gasteiger partial charge in [0.15, 0.2) is 0 Å². The molecular weight excluding hydrogens is 190 g/mol. The summed E-state index contributed by atoms with van der Waals surface area (Å²) in [5.74, 6) is -0.0498. The van der Waals surface area contributed by atoms with Crippen LogP contribution in [0.3, 0.4) is 0 Å². The molecule has 0 bridgehead atoms. The summed E-state index contributed by atoms with van der Waals surface area (Å²) in [5, 5.41) is 7.41. The minimum atomic E-state index is -0.0498. The Morgan fingerprint density at radius 3 is 2.80 bits per heavy atom. The molecule has 0 N–H and O–H groups in total. The van der Waals surface area contributed by atoms with Gasteiger partial charge in [0.25, 0.3) is 0 Å². The molecule has 0 radical (unpaired) electrons. The van der Waals surface area contributed by atoms with E-state index in [2.05, 4.69) is 10.3 Å². The van der Waals surface area contributed by atoms with Gasteiger partial charge < -0.3 is 0 Å². The standard InChI is InChI=1S/C11H11N3O/c1-8-4-3-5-9(6-8)11(15)10-7-12-13-14(10)2/h3-7H,1-2H3. The summed E-state index contributed by atoms with van der Waals surface area (Å²) in [6, 6.07) is 7.47. The van der Waals surface area contributed by atoms with Crippen molar-refractivity contribution in [2.45, 2.75) is 6.92 Å². The molecule has 0 unspecified atom stereocenters. The molecule has 15 heavy (non-hydrogen) atoms. The summed E-state index contributed by atoms with van der Waals surface area (Å²) >= 11 is 0. The summed E-state index contributed by atoms with van der Waals surface area (Å²) in [6.07, 6.45) is 1.48. The lowest BCUT2D eigenvalue weighted by molar-refractivity contribution is 0.103. The van der Waals surface area contributed by atoms with Gasteiger partial charge in [0.05, 0.1) is 6.20 Å². The second kappa shape index (κ2) is 3.65. The van der Waals surface area contributed by atoms with Crippen molar-refractivity contribution >= 4 is 5.78 Å². The number of benzene rings is 1. The van der Waals surface area contributed by atoms with Crippen molar-refractivity contribution in [2.24, 2.45) is 7.05 Å². The quantitative estimate of drug-likeness (QED) is 0.689. The van der Waals surface area contributed by atoms with E-state index in [0.29, 0.717) is 11.3 Å². The molecule has 0 spiro atoms. The number of carbonyl (C=O) groups is 1. The molecule has 0 saturated carbocycles. The van der Waals surface area contributed by atoms with Crippen LogP contribution in [0.4, 0.5) is 0 Å². The fourth-order valence-corrected chi connectivity index (χ4v) is 1.43. The van der Waals surface area contributed by atoms with Crippen molar-refractivity contribution < 1.29 is 4.79 Å². The Balaban J connectivity index is 2.41. The molecule has 0 saturated heterocycles. The van der Waals surface area contributed by atoms with Crippen LogP contribution in [0.5, 0.6) is 0 Å². The Morgan fingerprint density at radius 2 is 2.20 bits per heavy atom. The summed E-state index contributed by atoms with van der Waals surface area (Å²) in [6.45, 7) is 1.96. The first kappa shape index (κ1) is 9.58. The molecule has 0 atom stereocenters. The maximum Gasteiger partial charge on any atom is 0.212 e. The predicted octanol–water partition coefficient (Wildman–Crippen LogP) is 1.35. The Labute approximate surface area is 87.5 Å². The normalized spacial score (nSPS) is 10.3. The van der Waals surface area contributed by atoms with Crippen LogP contribution in [0.15, 0.2) is 30.5 Å². The van der Waals surface area contributed by atoms with Crippen molar-refractivity contribution in [3.05, 3.63) is 47.3 Å². The lowest BCUT2D eigenvalue weighted by atomic mass is 10.1. The maximum atomic E-state index is 12.0. The molecule has 2 aromatic rings. The van der Waals surface area contributed by atoms with E-state index < -0.39 is 0 Å². The highest BCUT2D eigenvalue weighted by molar-refractivity contribution is 6.07. The molecule has 0 fully saturated rings.